The van der Waals surface area contributed by atoms with Crippen molar-refractivity contribution in [2.75, 3.05) is 17.7 Å². The molecule has 1 amide bonds. The fourth-order valence-electron chi connectivity index (χ4n) is 2.19. The highest BCUT2D eigenvalue weighted by atomic mass is 19.1. The van der Waals surface area contributed by atoms with Gasteiger partial charge in [-0.25, -0.2) is 8.78 Å². The molecule has 5 heteroatoms. The summed E-state index contributed by atoms with van der Waals surface area (Å²) in [6, 6.07) is 7.49. The van der Waals surface area contributed by atoms with Crippen LogP contribution in [0.3, 0.4) is 0 Å². The number of carbonyl (C=O) groups excluding carboxylic acids is 1. The van der Waals surface area contributed by atoms with Crippen molar-refractivity contribution in [1.29, 1.82) is 0 Å². The maximum Gasteiger partial charge on any atom is 0.258 e. The summed E-state index contributed by atoms with van der Waals surface area (Å²) in [6.45, 7) is 3.82. The third kappa shape index (κ3) is 2.86. The molecular weight excluding hydrogens is 274 g/mol. The molecule has 0 aliphatic rings. The Bertz CT molecular complexity index is 690. The second-order valence-corrected chi connectivity index (χ2v) is 5.01. The van der Waals surface area contributed by atoms with Crippen LogP contribution in [0.25, 0.3) is 0 Å². The van der Waals surface area contributed by atoms with Crippen molar-refractivity contribution in [3.05, 3.63) is 58.7 Å². The molecule has 0 saturated carbocycles. The Kier molecular flexibility index (Phi) is 3.93. The van der Waals surface area contributed by atoms with Crippen LogP contribution in [0.1, 0.15) is 21.5 Å². The molecule has 21 heavy (non-hydrogen) atoms. The van der Waals surface area contributed by atoms with Gasteiger partial charge in [-0.3, -0.25) is 4.79 Å². The first-order valence-electron chi connectivity index (χ1n) is 6.41. The summed E-state index contributed by atoms with van der Waals surface area (Å²) in [5.41, 5.74) is 7.20. The number of anilines is 2. The lowest BCUT2D eigenvalue weighted by Crippen LogP contribution is -2.27. The van der Waals surface area contributed by atoms with Crippen LogP contribution in [-0.2, 0) is 0 Å². The van der Waals surface area contributed by atoms with Gasteiger partial charge in [0.25, 0.3) is 5.91 Å². The van der Waals surface area contributed by atoms with Crippen molar-refractivity contribution in [3.8, 4) is 0 Å². The zero-order valence-corrected chi connectivity index (χ0v) is 12.1. The Morgan fingerprint density at radius 3 is 2.19 bits per heavy atom. The van der Waals surface area contributed by atoms with Gasteiger partial charge in [-0.05, 0) is 37.6 Å². The molecule has 3 nitrogen and oxygen atoms in total. The Balaban J connectivity index is 2.39. The van der Waals surface area contributed by atoms with Gasteiger partial charge in [-0.15, -0.1) is 0 Å². The van der Waals surface area contributed by atoms with Gasteiger partial charge in [0.1, 0.15) is 17.3 Å². The van der Waals surface area contributed by atoms with Crippen LogP contribution in [0.5, 0.6) is 0 Å². The smallest absolute Gasteiger partial charge is 0.258 e. The first-order chi connectivity index (χ1) is 9.81. The summed E-state index contributed by atoms with van der Waals surface area (Å²) in [6.07, 6.45) is 0. The zero-order chi connectivity index (χ0) is 15.7. The van der Waals surface area contributed by atoms with Crippen LogP contribution in [0.15, 0.2) is 30.3 Å². The monoisotopic (exact) mass is 290 g/mol. The standard InChI is InChI=1S/C16H16F2N2O/c1-9-4-5-14(10(2)6-9)20(3)16(21)11-7-12(17)15(19)13(18)8-11/h4-8H,19H2,1-3H3. The molecule has 2 rings (SSSR count). The largest absolute Gasteiger partial charge is 0.394 e. The van der Waals surface area contributed by atoms with Crippen molar-refractivity contribution in [1.82, 2.24) is 0 Å². The highest BCUT2D eigenvalue weighted by molar-refractivity contribution is 6.06. The van der Waals surface area contributed by atoms with Crippen molar-refractivity contribution < 1.29 is 13.6 Å². The van der Waals surface area contributed by atoms with E-state index in [2.05, 4.69) is 0 Å². The Morgan fingerprint density at radius 2 is 1.67 bits per heavy atom. The number of nitrogen functional groups attached to an aromatic ring is 1. The van der Waals surface area contributed by atoms with Gasteiger partial charge in [0.15, 0.2) is 0 Å². The predicted molar refractivity (Wildman–Crippen MR) is 79.4 cm³/mol. The molecular formula is C16H16F2N2O. The first-order valence-corrected chi connectivity index (χ1v) is 6.41. The van der Waals surface area contributed by atoms with Crippen LogP contribution in [0, 0.1) is 25.5 Å². The molecule has 0 unspecified atom stereocenters. The maximum absolute atomic E-state index is 13.5. The van der Waals surface area contributed by atoms with E-state index in [9.17, 15) is 13.6 Å². The van der Waals surface area contributed by atoms with E-state index in [0.717, 1.165) is 23.3 Å². The third-order valence-electron chi connectivity index (χ3n) is 3.34. The second-order valence-electron chi connectivity index (χ2n) is 5.01. The predicted octanol–water partition coefficient (Wildman–Crippen LogP) is 3.44. The molecule has 0 spiro atoms. The first kappa shape index (κ1) is 15.0. The fraction of sp³-hybridized carbons (Fsp3) is 0.188. The summed E-state index contributed by atoms with van der Waals surface area (Å²) in [7, 11) is 1.56. The van der Waals surface area contributed by atoms with Crippen molar-refractivity contribution in [3.63, 3.8) is 0 Å². The van der Waals surface area contributed by atoms with Gasteiger partial charge in [-0.1, -0.05) is 17.7 Å². The average Bonchev–Trinajstić information content (AvgIpc) is 2.42. The van der Waals surface area contributed by atoms with E-state index in [0.29, 0.717) is 5.69 Å². The van der Waals surface area contributed by atoms with Crippen LogP contribution in [0.4, 0.5) is 20.2 Å². The molecule has 0 saturated heterocycles. The molecule has 2 aromatic rings. The highest BCUT2D eigenvalue weighted by Gasteiger charge is 2.18. The van der Waals surface area contributed by atoms with Gasteiger partial charge in [0.2, 0.25) is 0 Å². The number of carbonyl (C=O) groups is 1. The van der Waals surface area contributed by atoms with Crippen molar-refractivity contribution in [2.45, 2.75) is 13.8 Å². The lowest BCUT2D eigenvalue weighted by atomic mass is 10.1. The van der Waals surface area contributed by atoms with Gasteiger partial charge < -0.3 is 10.6 Å². The maximum atomic E-state index is 13.5. The molecule has 0 fully saturated rings. The van der Waals surface area contributed by atoms with Crippen LogP contribution < -0.4 is 10.6 Å². The quantitative estimate of drug-likeness (QED) is 0.861. The minimum Gasteiger partial charge on any atom is -0.394 e. The van der Waals surface area contributed by atoms with Gasteiger partial charge in [0, 0.05) is 18.3 Å². The number of benzene rings is 2. The van der Waals surface area contributed by atoms with E-state index in [1.807, 2.05) is 26.0 Å². The highest BCUT2D eigenvalue weighted by Crippen LogP contribution is 2.23. The van der Waals surface area contributed by atoms with E-state index in [4.69, 9.17) is 5.73 Å². The van der Waals surface area contributed by atoms with E-state index in [1.165, 1.54) is 4.90 Å². The topological polar surface area (TPSA) is 46.3 Å². The minimum absolute atomic E-state index is 0.0818. The molecule has 110 valence electrons. The normalized spacial score (nSPS) is 10.5. The van der Waals surface area contributed by atoms with Crippen LogP contribution in [-0.4, -0.2) is 13.0 Å². The van der Waals surface area contributed by atoms with Crippen molar-refractivity contribution >= 4 is 17.3 Å². The van der Waals surface area contributed by atoms with Gasteiger partial charge in [-0.2, -0.15) is 0 Å². The number of halogens is 2. The number of amides is 1. The minimum atomic E-state index is -0.938. The summed E-state index contributed by atoms with van der Waals surface area (Å²) in [5, 5.41) is 0. The van der Waals surface area contributed by atoms with Crippen LogP contribution in [0.2, 0.25) is 0 Å². The summed E-state index contributed by atoms with van der Waals surface area (Å²) >= 11 is 0. The number of nitrogens with zero attached hydrogens (tertiary/aromatic N) is 1. The summed E-state index contributed by atoms with van der Waals surface area (Å²) < 4.78 is 26.9. The Labute approximate surface area is 122 Å². The van der Waals surface area contributed by atoms with E-state index < -0.39 is 23.2 Å². The zero-order valence-electron chi connectivity index (χ0n) is 12.1. The molecule has 0 radical (unpaired) electrons. The second kappa shape index (κ2) is 5.52. The van der Waals surface area contributed by atoms with Crippen LogP contribution >= 0.6 is 0 Å². The van der Waals surface area contributed by atoms with Gasteiger partial charge in [0.05, 0.1) is 0 Å². The number of aryl methyl sites for hydroxylation is 2. The lowest BCUT2D eigenvalue weighted by Gasteiger charge is -2.20. The Hall–Kier alpha value is -2.43. The van der Waals surface area contributed by atoms with E-state index >= 15 is 0 Å². The molecule has 0 atom stereocenters. The number of nitrogens with two attached hydrogens (primary N) is 1. The Morgan fingerprint density at radius 1 is 1.10 bits per heavy atom. The fourth-order valence-corrected chi connectivity index (χ4v) is 2.19. The lowest BCUT2D eigenvalue weighted by molar-refractivity contribution is 0.0992. The number of hydrogen-bond donors (Lipinski definition) is 1. The number of rotatable bonds is 2. The molecule has 0 aliphatic carbocycles. The van der Waals surface area contributed by atoms with Crippen molar-refractivity contribution in [2.24, 2.45) is 0 Å². The summed E-state index contributed by atoms with van der Waals surface area (Å²) in [4.78, 5) is 13.7. The van der Waals surface area contributed by atoms with E-state index in [1.54, 1.807) is 13.1 Å². The molecule has 2 N–H and O–H groups in total. The van der Waals surface area contributed by atoms with E-state index in [-0.39, 0.29) is 5.56 Å². The molecule has 2 aromatic carbocycles. The third-order valence-corrected chi connectivity index (χ3v) is 3.34. The molecule has 0 aliphatic heterocycles. The molecule has 0 heterocycles. The average molecular weight is 290 g/mol. The number of hydrogen-bond acceptors (Lipinski definition) is 2. The van der Waals surface area contributed by atoms with Gasteiger partial charge >= 0.3 is 0 Å². The SMILES string of the molecule is Cc1ccc(N(C)C(=O)c2cc(F)c(N)c(F)c2)c(C)c1. The molecule has 0 aromatic heterocycles. The summed E-state index contributed by atoms with van der Waals surface area (Å²) in [5.74, 6) is -2.38. The molecule has 0 bridgehead atoms.